The molecule has 17 heavy (non-hydrogen) atoms. The number of hydrogen-bond acceptors (Lipinski definition) is 2. The average molecular weight is 234 g/mol. The summed E-state index contributed by atoms with van der Waals surface area (Å²) in [6.07, 6.45) is 3.53. The van der Waals surface area contributed by atoms with Gasteiger partial charge in [0.05, 0.1) is 0 Å². The number of benzene rings is 1. The monoisotopic (exact) mass is 234 g/mol. The molecule has 0 amide bonds. The summed E-state index contributed by atoms with van der Waals surface area (Å²) >= 11 is 0. The van der Waals surface area contributed by atoms with Crippen molar-refractivity contribution in [2.75, 3.05) is 25.0 Å². The van der Waals surface area contributed by atoms with Crippen molar-refractivity contribution in [2.45, 2.75) is 33.1 Å². The van der Waals surface area contributed by atoms with Crippen LogP contribution in [0.2, 0.25) is 0 Å². The maximum Gasteiger partial charge on any atom is 0.0363 e. The predicted molar refractivity (Wildman–Crippen MR) is 76.5 cm³/mol. The van der Waals surface area contributed by atoms with Gasteiger partial charge in [0.15, 0.2) is 0 Å². The Morgan fingerprint density at radius 2 is 1.82 bits per heavy atom. The van der Waals surface area contributed by atoms with Crippen molar-refractivity contribution in [2.24, 2.45) is 11.7 Å². The van der Waals surface area contributed by atoms with Crippen LogP contribution in [0.3, 0.4) is 0 Å². The van der Waals surface area contributed by atoms with Crippen LogP contribution in [-0.2, 0) is 6.42 Å². The molecule has 0 saturated carbocycles. The number of nitrogens with two attached hydrogens (primary N) is 1. The molecule has 1 aromatic carbocycles. The van der Waals surface area contributed by atoms with Crippen molar-refractivity contribution >= 4 is 5.69 Å². The van der Waals surface area contributed by atoms with Gasteiger partial charge in [0.1, 0.15) is 0 Å². The first kappa shape index (κ1) is 14.0. The summed E-state index contributed by atoms with van der Waals surface area (Å²) in [4.78, 5) is 2.31. The molecule has 1 unspecified atom stereocenters. The first-order valence-corrected chi connectivity index (χ1v) is 6.71. The van der Waals surface area contributed by atoms with E-state index in [0.29, 0.717) is 5.92 Å². The predicted octanol–water partition coefficient (Wildman–Crippen LogP) is 3.06. The van der Waals surface area contributed by atoms with Crippen molar-refractivity contribution in [1.82, 2.24) is 0 Å². The molecule has 96 valence electrons. The number of aryl methyl sites for hydroxylation is 1. The molecular weight excluding hydrogens is 208 g/mol. The normalized spacial score (nSPS) is 12.5. The van der Waals surface area contributed by atoms with Crippen LogP contribution in [0.4, 0.5) is 5.69 Å². The van der Waals surface area contributed by atoms with E-state index in [1.807, 2.05) is 0 Å². The van der Waals surface area contributed by atoms with Crippen molar-refractivity contribution < 1.29 is 0 Å². The minimum atomic E-state index is 0.607. The Hall–Kier alpha value is -1.02. The molecule has 0 radical (unpaired) electrons. The van der Waals surface area contributed by atoms with E-state index in [0.717, 1.165) is 19.5 Å². The number of rotatable bonds is 7. The standard InChI is InChI=1S/C15H26N2/c1-4-6-14(11-16)12-17(3)15-9-7-13(5-2)8-10-15/h7-10,14H,4-6,11-12,16H2,1-3H3. The molecule has 1 atom stereocenters. The van der Waals surface area contributed by atoms with E-state index in [9.17, 15) is 0 Å². The molecule has 1 rings (SSSR count). The van der Waals surface area contributed by atoms with Gasteiger partial charge in [-0.3, -0.25) is 0 Å². The topological polar surface area (TPSA) is 29.3 Å². The highest BCUT2D eigenvalue weighted by Gasteiger charge is 2.09. The Morgan fingerprint density at radius 1 is 1.18 bits per heavy atom. The third-order valence-electron chi connectivity index (χ3n) is 3.35. The van der Waals surface area contributed by atoms with Crippen LogP contribution in [0.25, 0.3) is 0 Å². The fourth-order valence-corrected chi connectivity index (χ4v) is 2.17. The summed E-state index contributed by atoms with van der Waals surface area (Å²) in [5.74, 6) is 0.607. The summed E-state index contributed by atoms with van der Waals surface area (Å²) in [5.41, 5.74) is 8.49. The highest BCUT2D eigenvalue weighted by Crippen LogP contribution is 2.16. The molecule has 2 nitrogen and oxygen atoms in total. The van der Waals surface area contributed by atoms with Crippen molar-refractivity contribution in [1.29, 1.82) is 0 Å². The summed E-state index contributed by atoms with van der Waals surface area (Å²) in [7, 11) is 2.15. The van der Waals surface area contributed by atoms with E-state index in [1.165, 1.54) is 24.1 Å². The third kappa shape index (κ3) is 4.39. The van der Waals surface area contributed by atoms with Gasteiger partial charge in [-0.05, 0) is 43.0 Å². The lowest BCUT2D eigenvalue weighted by Gasteiger charge is -2.25. The minimum absolute atomic E-state index is 0.607. The van der Waals surface area contributed by atoms with E-state index in [4.69, 9.17) is 5.73 Å². The molecule has 0 saturated heterocycles. The summed E-state index contributed by atoms with van der Waals surface area (Å²) in [6, 6.07) is 8.84. The summed E-state index contributed by atoms with van der Waals surface area (Å²) < 4.78 is 0. The van der Waals surface area contributed by atoms with E-state index in [-0.39, 0.29) is 0 Å². The lowest BCUT2D eigenvalue weighted by molar-refractivity contribution is 0.491. The second-order valence-electron chi connectivity index (χ2n) is 4.79. The van der Waals surface area contributed by atoms with Gasteiger partial charge in [0.2, 0.25) is 0 Å². The van der Waals surface area contributed by atoms with Crippen LogP contribution in [0, 0.1) is 5.92 Å². The molecule has 2 N–H and O–H groups in total. The van der Waals surface area contributed by atoms with E-state index in [1.54, 1.807) is 0 Å². The molecule has 2 heteroatoms. The van der Waals surface area contributed by atoms with E-state index >= 15 is 0 Å². The van der Waals surface area contributed by atoms with E-state index < -0.39 is 0 Å². The molecule has 0 heterocycles. The zero-order valence-electron chi connectivity index (χ0n) is 11.4. The molecule has 1 aromatic rings. The number of anilines is 1. The van der Waals surface area contributed by atoms with Crippen molar-refractivity contribution in [3.8, 4) is 0 Å². The molecular formula is C15H26N2. The first-order chi connectivity index (χ1) is 8.21. The van der Waals surface area contributed by atoms with Gasteiger partial charge in [-0.15, -0.1) is 0 Å². The minimum Gasteiger partial charge on any atom is -0.374 e. The van der Waals surface area contributed by atoms with Crippen LogP contribution in [0.15, 0.2) is 24.3 Å². The fourth-order valence-electron chi connectivity index (χ4n) is 2.17. The highest BCUT2D eigenvalue weighted by molar-refractivity contribution is 5.46. The van der Waals surface area contributed by atoms with Gasteiger partial charge in [-0.1, -0.05) is 32.4 Å². The number of hydrogen-bond donors (Lipinski definition) is 1. The molecule has 0 spiro atoms. The van der Waals surface area contributed by atoms with Gasteiger partial charge in [0.25, 0.3) is 0 Å². The van der Waals surface area contributed by atoms with Gasteiger partial charge in [-0.25, -0.2) is 0 Å². The molecule has 0 fully saturated rings. The van der Waals surface area contributed by atoms with Crippen LogP contribution in [-0.4, -0.2) is 20.1 Å². The van der Waals surface area contributed by atoms with E-state index in [2.05, 4.69) is 50.1 Å². The maximum atomic E-state index is 5.80. The molecule has 0 aliphatic rings. The zero-order valence-corrected chi connectivity index (χ0v) is 11.4. The van der Waals surface area contributed by atoms with Crippen molar-refractivity contribution in [3.63, 3.8) is 0 Å². The maximum absolute atomic E-state index is 5.80. The third-order valence-corrected chi connectivity index (χ3v) is 3.35. The van der Waals surface area contributed by atoms with Crippen LogP contribution in [0.1, 0.15) is 32.3 Å². The highest BCUT2D eigenvalue weighted by atomic mass is 15.1. The first-order valence-electron chi connectivity index (χ1n) is 6.71. The Kier molecular flexibility index (Phi) is 6.06. The van der Waals surface area contributed by atoms with Gasteiger partial charge >= 0.3 is 0 Å². The van der Waals surface area contributed by atoms with Crippen molar-refractivity contribution in [3.05, 3.63) is 29.8 Å². The SMILES string of the molecule is CCCC(CN)CN(C)c1ccc(CC)cc1. The molecule has 0 aliphatic carbocycles. The second kappa shape index (κ2) is 7.33. The average Bonchev–Trinajstić information content (AvgIpc) is 2.38. The summed E-state index contributed by atoms with van der Waals surface area (Å²) in [5, 5.41) is 0. The number of nitrogens with zero attached hydrogens (tertiary/aromatic N) is 1. The fraction of sp³-hybridized carbons (Fsp3) is 0.600. The second-order valence-corrected chi connectivity index (χ2v) is 4.79. The Balaban J connectivity index is 2.58. The van der Waals surface area contributed by atoms with Gasteiger partial charge in [-0.2, -0.15) is 0 Å². The van der Waals surface area contributed by atoms with Crippen LogP contribution < -0.4 is 10.6 Å². The largest absolute Gasteiger partial charge is 0.374 e. The Bertz CT molecular complexity index is 305. The van der Waals surface area contributed by atoms with Crippen LogP contribution >= 0.6 is 0 Å². The Labute approximate surface area is 106 Å². The lowest BCUT2D eigenvalue weighted by atomic mass is 10.0. The molecule has 0 aliphatic heterocycles. The zero-order chi connectivity index (χ0) is 12.7. The van der Waals surface area contributed by atoms with Crippen LogP contribution in [0.5, 0.6) is 0 Å². The molecule has 0 bridgehead atoms. The summed E-state index contributed by atoms with van der Waals surface area (Å²) in [6.45, 7) is 6.24. The molecule has 0 aromatic heterocycles. The lowest BCUT2D eigenvalue weighted by Crippen LogP contribution is -2.30. The van der Waals surface area contributed by atoms with Gasteiger partial charge in [0, 0.05) is 19.3 Å². The smallest absolute Gasteiger partial charge is 0.0363 e. The van der Waals surface area contributed by atoms with Gasteiger partial charge < -0.3 is 10.6 Å². The Morgan fingerprint density at radius 3 is 2.29 bits per heavy atom. The quantitative estimate of drug-likeness (QED) is 0.785.